The van der Waals surface area contributed by atoms with Crippen molar-refractivity contribution < 1.29 is 9.53 Å². The lowest BCUT2D eigenvalue weighted by Gasteiger charge is -2.13. The van der Waals surface area contributed by atoms with Gasteiger partial charge in [0, 0.05) is 10.6 Å². The van der Waals surface area contributed by atoms with Crippen molar-refractivity contribution in [3.8, 4) is 16.3 Å². The molecule has 4 aromatic rings. The fraction of sp³-hybridized carbons (Fsp3) is 0.0909. The highest BCUT2D eigenvalue weighted by Crippen LogP contribution is 2.40. The first-order valence-corrected chi connectivity index (χ1v) is 10.4. The van der Waals surface area contributed by atoms with E-state index in [2.05, 4.69) is 10.3 Å². The van der Waals surface area contributed by atoms with Crippen LogP contribution in [0, 0.1) is 6.92 Å². The van der Waals surface area contributed by atoms with E-state index in [1.54, 1.807) is 12.1 Å². The largest absolute Gasteiger partial charge is 0.483 e. The number of para-hydroxylation sites is 2. The number of ether oxygens (including phenoxy) is 1. The monoisotopic (exact) mass is 442 g/mol. The van der Waals surface area contributed by atoms with Crippen LogP contribution in [0.25, 0.3) is 20.8 Å². The molecule has 7 heteroatoms. The standard InChI is InChI=1S/C22H16Cl2N2O2S/c1-13-6-2-4-8-18(13)28-12-20(27)26-21-15(10-14(23)11-16(21)24)22-25-17-7-3-5-9-19(17)29-22/h2-11H,12H2,1H3,(H,26,27). The lowest BCUT2D eigenvalue weighted by Crippen LogP contribution is -2.21. The normalized spacial score (nSPS) is 10.9. The minimum absolute atomic E-state index is 0.136. The third-order valence-corrected chi connectivity index (χ3v) is 5.88. The van der Waals surface area contributed by atoms with Gasteiger partial charge in [-0.25, -0.2) is 4.98 Å². The molecule has 1 aromatic heterocycles. The number of aromatic nitrogens is 1. The second-order valence-corrected chi connectivity index (χ2v) is 8.27. The number of amides is 1. The summed E-state index contributed by atoms with van der Waals surface area (Å²) in [5.74, 6) is 0.344. The summed E-state index contributed by atoms with van der Waals surface area (Å²) in [4.78, 5) is 17.2. The molecule has 0 aliphatic carbocycles. The lowest BCUT2D eigenvalue weighted by molar-refractivity contribution is -0.118. The Morgan fingerprint density at radius 3 is 2.66 bits per heavy atom. The first kappa shape index (κ1) is 19.7. The number of hydrogen-bond acceptors (Lipinski definition) is 4. The number of benzene rings is 3. The van der Waals surface area contributed by atoms with Crippen LogP contribution < -0.4 is 10.1 Å². The highest BCUT2D eigenvalue weighted by Gasteiger charge is 2.17. The van der Waals surface area contributed by atoms with Crippen LogP contribution in [0.15, 0.2) is 60.7 Å². The van der Waals surface area contributed by atoms with Crippen LogP contribution in [0.3, 0.4) is 0 Å². The number of rotatable bonds is 5. The van der Waals surface area contributed by atoms with Crippen LogP contribution in [0.4, 0.5) is 5.69 Å². The summed E-state index contributed by atoms with van der Waals surface area (Å²) in [6.07, 6.45) is 0. The maximum atomic E-state index is 12.5. The van der Waals surface area contributed by atoms with Crippen molar-refractivity contribution in [2.45, 2.75) is 6.92 Å². The summed E-state index contributed by atoms with van der Waals surface area (Å²) in [5.41, 5.74) is 2.98. The van der Waals surface area contributed by atoms with Gasteiger partial charge in [0.25, 0.3) is 5.91 Å². The fourth-order valence-corrected chi connectivity index (χ4v) is 4.42. The number of hydrogen-bond donors (Lipinski definition) is 1. The number of anilines is 1. The summed E-state index contributed by atoms with van der Waals surface area (Å²) in [7, 11) is 0. The van der Waals surface area contributed by atoms with Crippen LogP contribution in [0.1, 0.15) is 5.56 Å². The minimum atomic E-state index is -0.320. The molecule has 1 N–H and O–H groups in total. The van der Waals surface area contributed by atoms with Crippen molar-refractivity contribution in [3.05, 3.63) is 76.3 Å². The van der Waals surface area contributed by atoms with Gasteiger partial charge in [-0.1, -0.05) is 53.5 Å². The van der Waals surface area contributed by atoms with Crippen molar-refractivity contribution in [1.29, 1.82) is 0 Å². The van der Waals surface area contributed by atoms with E-state index in [4.69, 9.17) is 27.9 Å². The lowest BCUT2D eigenvalue weighted by atomic mass is 10.2. The molecule has 0 unspecified atom stereocenters. The number of halogens is 2. The minimum Gasteiger partial charge on any atom is -0.483 e. The fourth-order valence-electron chi connectivity index (χ4n) is 2.89. The summed E-state index contributed by atoms with van der Waals surface area (Å²) >= 11 is 14.1. The Labute approximate surface area is 182 Å². The molecule has 4 rings (SSSR count). The van der Waals surface area contributed by atoms with Crippen LogP contribution in [0.2, 0.25) is 10.0 Å². The predicted octanol–water partition coefficient (Wildman–Crippen LogP) is 6.60. The number of carbonyl (C=O) groups is 1. The summed E-state index contributed by atoms with van der Waals surface area (Å²) in [5, 5.41) is 4.39. The third-order valence-electron chi connectivity index (χ3n) is 4.30. The Morgan fingerprint density at radius 2 is 1.86 bits per heavy atom. The van der Waals surface area contributed by atoms with E-state index in [0.717, 1.165) is 20.8 Å². The number of nitrogens with zero attached hydrogens (tertiary/aromatic N) is 1. The van der Waals surface area contributed by atoms with E-state index in [-0.39, 0.29) is 12.5 Å². The molecule has 0 spiro atoms. The van der Waals surface area contributed by atoms with E-state index in [0.29, 0.717) is 27.0 Å². The van der Waals surface area contributed by atoms with E-state index in [1.807, 2.05) is 55.5 Å². The molecule has 0 atom stereocenters. The van der Waals surface area contributed by atoms with Gasteiger partial charge in [0.05, 0.1) is 20.9 Å². The number of aryl methyl sites for hydroxylation is 1. The molecule has 0 aliphatic rings. The Bertz CT molecular complexity index is 1170. The van der Waals surface area contributed by atoms with Gasteiger partial charge in [0.15, 0.2) is 6.61 Å². The van der Waals surface area contributed by atoms with Crippen molar-refractivity contribution in [3.63, 3.8) is 0 Å². The highest BCUT2D eigenvalue weighted by atomic mass is 35.5. The molecule has 146 valence electrons. The average molecular weight is 443 g/mol. The molecule has 1 amide bonds. The van der Waals surface area contributed by atoms with E-state index < -0.39 is 0 Å². The van der Waals surface area contributed by atoms with Crippen molar-refractivity contribution >= 4 is 56.3 Å². The van der Waals surface area contributed by atoms with E-state index in [9.17, 15) is 4.79 Å². The van der Waals surface area contributed by atoms with Crippen LogP contribution in [-0.4, -0.2) is 17.5 Å². The van der Waals surface area contributed by atoms with Crippen molar-refractivity contribution in [1.82, 2.24) is 4.98 Å². The predicted molar refractivity (Wildman–Crippen MR) is 120 cm³/mol. The smallest absolute Gasteiger partial charge is 0.262 e. The summed E-state index contributed by atoms with van der Waals surface area (Å²) in [6, 6.07) is 18.7. The van der Waals surface area contributed by atoms with Gasteiger partial charge >= 0.3 is 0 Å². The third kappa shape index (κ3) is 4.37. The molecule has 3 aromatic carbocycles. The Kier molecular flexibility index (Phi) is 5.72. The zero-order valence-electron chi connectivity index (χ0n) is 15.4. The Morgan fingerprint density at radius 1 is 1.10 bits per heavy atom. The molecule has 4 nitrogen and oxygen atoms in total. The van der Waals surface area contributed by atoms with Gasteiger partial charge in [0.2, 0.25) is 0 Å². The second kappa shape index (κ2) is 8.41. The van der Waals surface area contributed by atoms with Gasteiger partial charge in [-0.05, 0) is 42.8 Å². The number of nitrogens with one attached hydrogen (secondary N) is 1. The highest BCUT2D eigenvalue weighted by molar-refractivity contribution is 7.21. The summed E-state index contributed by atoms with van der Waals surface area (Å²) in [6.45, 7) is 1.79. The van der Waals surface area contributed by atoms with Crippen LogP contribution in [0.5, 0.6) is 5.75 Å². The molecule has 29 heavy (non-hydrogen) atoms. The molecule has 0 aliphatic heterocycles. The molecule has 0 bridgehead atoms. The zero-order valence-corrected chi connectivity index (χ0v) is 17.7. The van der Waals surface area contributed by atoms with Crippen molar-refractivity contribution in [2.75, 3.05) is 11.9 Å². The van der Waals surface area contributed by atoms with Crippen molar-refractivity contribution in [2.24, 2.45) is 0 Å². The maximum Gasteiger partial charge on any atom is 0.262 e. The summed E-state index contributed by atoms with van der Waals surface area (Å²) < 4.78 is 6.67. The molecule has 0 saturated carbocycles. The average Bonchev–Trinajstić information content (AvgIpc) is 3.13. The zero-order chi connectivity index (χ0) is 20.4. The van der Waals surface area contributed by atoms with E-state index >= 15 is 0 Å². The Balaban J connectivity index is 1.61. The molecule has 1 heterocycles. The number of fused-ring (bicyclic) bond motifs is 1. The topological polar surface area (TPSA) is 51.2 Å². The second-order valence-electron chi connectivity index (χ2n) is 6.40. The molecule has 0 saturated heterocycles. The van der Waals surface area contributed by atoms with Crippen LogP contribution in [-0.2, 0) is 4.79 Å². The number of thiazole rings is 1. The quantitative estimate of drug-likeness (QED) is 0.378. The van der Waals surface area contributed by atoms with Gasteiger partial charge in [-0.2, -0.15) is 0 Å². The van der Waals surface area contributed by atoms with Crippen LogP contribution >= 0.6 is 34.5 Å². The van der Waals surface area contributed by atoms with E-state index in [1.165, 1.54) is 11.3 Å². The van der Waals surface area contributed by atoms with Gasteiger partial charge in [0.1, 0.15) is 10.8 Å². The van der Waals surface area contributed by atoms with Gasteiger partial charge in [-0.15, -0.1) is 11.3 Å². The number of carbonyl (C=O) groups excluding carboxylic acids is 1. The van der Waals surface area contributed by atoms with Gasteiger partial charge < -0.3 is 10.1 Å². The van der Waals surface area contributed by atoms with Gasteiger partial charge in [-0.3, -0.25) is 4.79 Å². The molecule has 0 fully saturated rings. The molecule has 0 radical (unpaired) electrons. The molecular formula is C22H16Cl2N2O2S. The SMILES string of the molecule is Cc1ccccc1OCC(=O)Nc1c(Cl)cc(Cl)cc1-c1nc2ccccc2s1. The first-order valence-electron chi connectivity index (χ1n) is 8.84. The Hall–Kier alpha value is -2.60. The first-order chi connectivity index (χ1) is 14.0. The molecular weight excluding hydrogens is 427 g/mol. The maximum absolute atomic E-state index is 12.5.